The van der Waals surface area contributed by atoms with Gasteiger partial charge in [-0.25, -0.2) is 4.79 Å². The average molecular weight is 367 g/mol. The van der Waals surface area contributed by atoms with Crippen LogP contribution in [0.2, 0.25) is 5.02 Å². The zero-order valence-electron chi connectivity index (χ0n) is 13.1. The Kier molecular flexibility index (Phi) is 4.23. The lowest BCUT2D eigenvalue weighted by Gasteiger charge is -2.15. The van der Waals surface area contributed by atoms with E-state index < -0.39 is 30.0 Å². The third-order valence-corrected chi connectivity index (χ3v) is 5.39. The second kappa shape index (κ2) is 6.07. The molecule has 0 bridgehead atoms. The molecule has 0 saturated carbocycles. The number of rotatable bonds is 4. The molecule has 126 valence electrons. The number of halogens is 1. The number of fused-ring (bicyclic) bond motifs is 1. The van der Waals surface area contributed by atoms with Crippen molar-refractivity contribution in [2.24, 2.45) is 0 Å². The third-order valence-electron chi connectivity index (χ3n) is 3.70. The molecule has 1 saturated heterocycles. The van der Waals surface area contributed by atoms with Gasteiger partial charge < -0.3 is 10.1 Å². The summed E-state index contributed by atoms with van der Waals surface area (Å²) in [4.78, 5) is 37.3. The third kappa shape index (κ3) is 2.97. The number of esters is 1. The van der Waals surface area contributed by atoms with Gasteiger partial charge >= 0.3 is 12.0 Å². The van der Waals surface area contributed by atoms with Crippen LogP contribution in [0.25, 0.3) is 10.1 Å². The van der Waals surface area contributed by atoms with Crippen LogP contribution in [0.4, 0.5) is 4.79 Å². The zero-order valence-corrected chi connectivity index (χ0v) is 14.7. The van der Waals surface area contributed by atoms with Gasteiger partial charge in [0.05, 0.1) is 9.90 Å². The number of ether oxygens (including phenoxy) is 1. The lowest BCUT2D eigenvalue weighted by atomic mass is 10.1. The quantitative estimate of drug-likeness (QED) is 0.666. The van der Waals surface area contributed by atoms with Gasteiger partial charge in [0.15, 0.2) is 0 Å². The van der Waals surface area contributed by atoms with Crippen molar-refractivity contribution in [3.63, 3.8) is 0 Å². The first-order valence-corrected chi connectivity index (χ1v) is 8.44. The fourth-order valence-corrected chi connectivity index (χ4v) is 3.84. The van der Waals surface area contributed by atoms with Gasteiger partial charge in [-0.15, -0.1) is 11.3 Å². The van der Waals surface area contributed by atoms with Gasteiger partial charge in [0, 0.05) is 10.1 Å². The number of hydrogen-bond acceptors (Lipinski definition) is 5. The lowest BCUT2D eigenvalue weighted by molar-refractivity contribution is -0.148. The number of nitrogens with zero attached hydrogens (tertiary/aromatic N) is 1. The van der Waals surface area contributed by atoms with Crippen LogP contribution >= 0.6 is 22.9 Å². The summed E-state index contributed by atoms with van der Waals surface area (Å²) in [6, 6.07) is 7.03. The summed E-state index contributed by atoms with van der Waals surface area (Å²) in [5.41, 5.74) is -1.01. The molecule has 0 unspecified atom stereocenters. The number of carbonyl (C=O) groups excluding carboxylic acids is 3. The Morgan fingerprint density at radius 2 is 2.04 bits per heavy atom. The molecular formula is C16H15ClN2O4S. The Morgan fingerprint density at radius 1 is 1.33 bits per heavy atom. The van der Waals surface area contributed by atoms with E-state index in [1.54, 1.807) is 13.8 Å². The van der Waals surface area contributed by atoms with Gasteiger partial charge in [-0.1, -0.05) is 29.8 Å². The van der Waals surface area contributed by atoms with E-state index in [2.05, 4.69) is 5.32 Å². The Morgan fingerprint density at radius 3 is 2.67 bits per heavy atom. The second-order valence-electron chi connectivity index (χ2n) is 5.94. The van der Waals surface area contributed by atoms with E-state index in [9.17, 15) is 14.4 Å². The van der Waals surface area contributed by atoms with Crippen LogP contribution in [0.1, 0.15) is 18.7 Å². The molecule has 3 rings (SSSR count). The molecule has 0 radical (unpaired) electrons. The smallest absolute Gasteiger partial charge is 0.326 e. The molecule has 1 aliphatic heterocycles. The number of nitrogens with one attached hydrogen (secondary N) is 1. The summed E-state index contributed by atoms with van der Waals surface area (Å²) in [7, 11) is 0. The predicted molar refractivity (Wildman–Crippen MR) is 91.0 cm³/mol. The van der Waals surface area contributed by atoms with E-state index in [-0.39, 0.29) is 6.61 Å². The van der Waals surface area contributed by atoms with Crippen molar-refractivity contribution in [1.82, 2.24) is 10.2 Å². The van der Waals surface area contributed by atoms with Crippen molar-refractivity contribution in [2.75, 3.05) is 6.54 Å². The summed E-state index contributed by atoms with van der Waals surface area (Å²) in [6.45, 7) is 2.74. The van der Waals surface area contributed by atoms with Gasteiger partial charge in [-0.2, -0.15) is 0 Å². The molecule has 0 atom stereocenters. The van der Waals surface area contributed by atoms with Crippen LogP contribution in [0, 0.1) is 0 Å². The maximum atomic E-state index is 12.0. The first-order valence-electron chi connectivity index (χ1n) is 7.25. The lowest BCUT2D eigenvalue weighted by Crippen LogP contribution is -2.41. The van der Waals surface area contributed by atoms with E-state index in [0.717, 1.165) is 19.9 Å². The standard InChI is InChI=1S/C16H15ClN2O4S/c1-16(2)14(21)19(15(22)18-16)7-12(20)23-8-11-13(17)9-5-3-4-6-10(9)24-11/h3-6H,7-8H2,1-2H3,(H,18,22). The van der Waals surface area contributed by atoms with Gasteiger partial charge in [0.2, 0.25) is 0 Å². The first-order chi connectivity index (χ1) is 11.3. The van der Waals surface area contributed by atoms with Crippen LogP contribution in [0.5, 0.6) is 0 Å². The molecule has 3 amide bonds. The highest BCUT2D eigenvalue weighted by atomic mass is 35.5. The summed E-state index contributed by atoms with van der Waals surface area (Å²) in [5.74, 6) is -1.12. The Labute approximate surface area is 147 Å². The number of imide groups is 1. The molecule has 1 N–H and O–H groups in total. The molecule has 1 aromatic carbocycles. The maximum absolute atomic E-state index is 12.0. The molecule has 0 spiro atoms. The molecule has 0 aliphatic carbocycles. The van der Waals surface area contributed by atoms with Crippen molar-refractivity contribution >= 4 is 50.9 Å². The number of amides is 3. The fraction of sp³-hybridized carbons (Fsp3) is 0.312. The minimum atomic E-state index is -1.01. The fourth-order valence-electron chi connectivity index (χ4n) is 2.44. The highest BCUT2D eigenvalue weighted by molar-refractivity contribution is 7.19. The van der Waals surface area contributed by atoms with Crippen LogP contribution in [0.3, 0.4) is 0 Å². The Hall–Kier alpha value is -2.12. The summed E-state index contributed by atoms with van der Waals surface area (Å²) < 4.78 is 6.18. The van der Waals surface area contributed by atoms with E-state index in [4.69, 9.17) is 16.3 Å². The minimum Gasteiger partial charge on any atom is -0.459 e. The molecule has 2 aromatic rings. The summed E-state index contributed by atoms with van der Waals surface area (Å²) in [5, 5.41) is 3.97. The molecule has 6 nitrogen and oxygen atoms in total. The highest BCUT2D eigenvalue weighted by Crippen LogP contribution is 2.35. The van der Waals surface area contributed by atoms with Crippen LogP contribution in [-0.2, 0) is 20.9 Å². The summed E-state index contributed by atoms with van der Waals surface area (Å²) in [6.07, 6.45) is 0. The molecule has 1 aliphatic rings. The molecule has 1 fully saturated rings. The number of benzene rings is 1. The second-order valence-corrected chi connectivity index (χ2v) is 7.46. The Bertz CT molecular complexity index is 846. The number of thiophene rings is 1. The minimum absolute atomic E-state index is 0.00402. The molecule has 1 aromatic heterocycles. The maximum Gasteiger partial charge on any atom is 0.326 e. The SMILES string of the molecule is CC1(C)NC(=O)N(CC(=O)OCc2sc3ccccc3c2Cl)C1=O. The van der Waals surface area contributed by atoms with E-state index in [1.165, 1.54) is 11.3 Å². The van der Waals surface area contributed by atoms with Crippen LogP contribution < -0.4 is 5.32 Å². The van der Waals surface area contributed by atoms with Crippen molar-refractivity contribution < 1.29 is 19.1 Å². The van der Waals surface area contributed by atoms with Crippen molar-refractivity contribution in [3.8, 4) is 0 Å². The van der Waals surface area contributed by atoms with Crippen LogP contribution in [-0.4, -0.2) is 34.9 Å². The molecular weight excluding hydrogens is 352 g/mol. The average Bonchev–Trinajstić information content (AvgIpc) is 2.95. The molecule has 8 heteroatoms. The Balaban J connectivity index is 1.64. The number of carbonyl (C=O) groups is 3. The van der Waals surface area contributed by atoms with Crippen molar-refractivity contribution in [2.45, 2.75) is 26.0 Å². The van der Waals surface area contributed by atoms with Gasteiger partial charge in [-0.05, 0) is 19.9 Å². The van der Waals surface area contributed by atoms with E-state index in [1.807, 2.05) is 24.3 Å². The van der Waals surface area contributed by atoms with Gasteiger partial charge in [0.1, 0.15) is 18.7 Å². The van der Waals surface area contributed by atoms with E-state index in [0.29, 0.717) is 5.02 Å². The first kappa shape index (κ1) is 16.7. The highest BCUT2D eigenvalue weighted by Gasteiger charge is 2.45. The van der Waals surface area contributed by atoms with Crippen LogP contribution in [0.15, 0.2) is 24.3 Å². The topological polar surface area (TPSA) is 75.7 Å². The largest absolute Gasteiger partial charge is 0.459 e. The zero-order chi connectivity index (χ0) is 17.5. The molecule has 24 heavy (non-hydrogen) atoms. The summed E-state index contributed by atoms with van der Waals surface area (Å²) >= 11 is 7.73. The van der Waals surface area contributed by atoms with Gasteiger partial charge in [-0.3, -0.25) is 14.5 Å². The number of urea groups is 1. The number of hydrogen-bond donors (Lipinski definition) is 1. The van der Waals surface area contributed by atoms with Crippen molar-refractivity contribution in [3.05, 3.63) is 34.2 Å². The normalized spacial score (nSPS) is 16.5. The van der Waals surface area contributed by atoms with E-state index >= 15 is 0 Å². The molecule has 2 heterocycles. The monoisotopic (exact) mass is 366 g/mol. The van der Waals surface area contributed by atoms with Gasteiger partial charge in [0.25, 0.3) is 5.91 Å². The predicted octanol–water partition coefficient (Wildman–Crippen LogP) is 2.93. The van der Waals surface area contributed by atoms with Crippen molar-refractivity contribution in [1.29, 1.82) is 0 Å².